The van der Waals surface area contributed by atoms with E-state index >= 15 is 0 Å². The van der Waals surface area contributed by atoms with Crippen LogP contribution in [0.1, 0.15) is 24.5 Å². The quantitative estimate of drug-likeness (QED) is 0.454. The molecule has 0 bridgehead atoms. The number of nitrogens with zero attached hydrogens (tertiary/aromatic N) is 1. The predicted molar refractivity (Wildman–Crippen MR) is 119 cm³/mol. The zero-order valence-electron chi connectivity index (χ0n) is 15.9. The second-order valence-corrected chi connectivity index (χ2v) is 8.86. The summed E-state index contributed by atoms with van der Waals surface area (Å²) in [4.78, 5) is 26.8. The molecule has 9 heteroatoms. The van der Waals surface area contributed by atoms with Gasteiger partial charge in [-0.1, -0.05) is 24.6 Å². The van der Waals surface area contributed by atoms with Crippen LogP contribution in [0, 0.1) is 0 Å². The number of hydrogen-bond acceptors (Lipinski definition) is 6. The van der Waals surface area contributed by atoms with Crippen molar-refractivity contribution in [2.45, 2.75) is 19.9 Å². The van der Waals surface area contributed by atoms with Crippen molar-refractivity contribution >= 4 is 56.5 Å². The Labute approximate surface area is 191 Å². The minimum absolute atomic E-state index is 0.0605. The van der Waals surface area contributed by atoms with Crippen LogP contribution in [0.5, 0.6) is 17.2 Å². The standard InChI is InChI=1S/C21H17BrClNO5S/c1-2-5-27-16-4-3-12(6-14(16)22)7-19-20(25)24(21(26)30-19)10-13-8-17-18(9-15(13)23)29-11-28-17/h3-4,6-9H,2,5,10-11H2,1H3/b19-7-. The fraction of sp³-hybridized carbons (Fsp3) is 0.238. The number of hydrogen-bond donors (Lipinski definition) is 0. The molecule has 2 aromatic rings. The van der Waals surface area contributed by atoms with Gasteiger partial charge in [-0.2, -0.15) is 0 Å². The Morgan fingerprint density at radius 2 is 2.00 bits per heavy atom. The Morgan fingerprint density at radius 1 is 1.23 bits per heavy atom. The van der Waals surface area contributed by atoms with Crippen LogP contribution >= 0.6 is 39.3 Å². The molecule has 0 spiro atoms. The number of rotatable bonds is 6. The lowest BCUT2D eigenvalue weighted by Crippen LogP contribution is -2.27. The highest BCUT2D eigenvalue weighted by Crippen LogP contribution is 2.39. The van der Waals surface area contributed by atoms with Gasteiger partial charge in [-0.3, -0.25) is 14.5 Å². The lowest BCUT2D eigenvalue weighted by Gasteiger charge is -2.14. The molecule has 2 aliphatic rings. The average Bonchev–Trinajstić information content (AvgIpc) is 3.26. The SMILES string of the molecule is CCCOc1ccc(/C=C2\SC(=O)N(Cc3cc4c(cc3Cl)OCO4)C2=O)cc1Br. The summed E-state index contributed by atoms with van der Waals surface area (Å²) in [5.41, 5.74) is 1.40. The van der Waals surface area contributed by atoms with E-state index in [4.69, 9.17) is 25.8 Å². The van der Waals surface area contributed by atoms with Gasteiger partial charge >= 0.3 is 0 Å². The molecular weight excluding hydrogens is 494 g/mol. The van der Waals surface area contributed by atoms with Crippen LogP contribution in [0.15, 0.2) is 39.7 Å². The number of benzene rings is 2. The van der Waals surface area contributed by atoms with E-state index < -0.39 is 0 Å². The number of carbonyl (C=O) groups is 2. The molecular formula is C21H17BrClNO5S. The van der Waals surface area contributed by atoms with Gasteiger partial charge in [0.15, 0.2) is 11.5 Å². The number of fused-ring (bicyclic) bond motifs is 1. The lowest BCUT2D eigenvalue weighted by molar-refractivity contribution is -0.123. The molecule has 156 valence electrons. The smallest absolute Gasteiger partial charge is 0.293 e. The molecule has 1 saturated heterocycles. The van der Waals surface area contributed by atoms with Crippen LogP contribution in [-0.4, -0.2) is 29.4 Å². The van der Waals surface area contributed by atoms with Gasteiger partial charge in [-0.25, -0.2) is 0 Å². The maximum Gasteiger partial charge on any atom is 0.293 e. The van der Waals surface area contributed by atoms with Gasteiger partial charge in [0.2, 0.25) is 6.79 Å². The van der Waals surface area contributed by atoms with Crippen molar-refractivity contribution < 1.29 is 23.8 Å². The number of amides is 2. The molecule has 2 amide bonds. The molecule has 30 heavy (non-hydrogen) atoms. The van der Waals surface area contributed by atoms with Gasteiger partial charge in [0.1, 0.15) is 5.75 Å². The average molecular weight is 511 g/mol. The summed E-state index contributed by atoms with van der Waals surface area (Å²) in [5, 5.41) is 0.0656. The van der Waals surface area contributed by atoms with Crippen molar-refractivity contribution in [2.24, 2.45) is 0 Å². The molecule has 0 saturated carbocycles. The van der Waals surface area contributed by atoms with Crippen molar-refractivity contribution in [3.05, 3.63) is 55.9 Å². The first-order valence-electron chi connectivity index (χ1n) is 9.22. The third-order valence-corrected chi connectivity index (χ3v) is 6.34. The van der Waals surface area contributed by atoms with Gasteiger partial charge in [0, 0.05) is 11.1 Å². The molecule has 0 atom stereocenters. The second kappa shape index (κ2) is 8.91. The molecule has 0 aliphatic carbocycles. The predicted octanol–water partition coefficient (Wildman–Crippen LogP) is 5.86. The van der Waals surface area contributed by atoms with Gasteiger partial charge in [0.05, 0.1) is 22.5 Å². The summed E-state index contributed by atoms with van der Waals surface area (Å²) in [6.45, 7) is 2.84. The van der Waals surface area contributed by atoms with E-state index in [0.717, 1.165) is 34.0 Å². The van der Waals surface area contributed by atoms with Crippen LogP contribution in [0.4, 0.5) is 4.79 Å². The minimum Gasteiger partial charge on any atom is -0.492 e. The first-order valence-corrected chi connectivity index (χ1v) is 11.2. The number of carbonyl (C=O) groups excluding carboxylic acids is 2. The van der Waals surface area contributed by atoms with Crippen molar-refractivity contribution in [3.63, 3.8) is 0 Å². The molecule has 0 aromatic heterocycles. The Hall–Kier alpha value is -2.16. The van der Waals surface area contributed by atoms with Crippen molar-refractivity contribution in [3.8, 4) is 17.2 Å². The number of imide groups is 1. The van der Waals surface area contributed by atoms with Crippen LogP contribution in [-0.2, 0) is 11.3 Å². The topological polar surface area (TPSA) is 65.1 Å². The highest BCUT2D eigenvalue weighted by molar-refractivity contribution is 9.10. The van der Waals surface area contributed by atoms with E-state index in [1.807, 2.05) is 25.1 Å². The van der Waals surface area contributed by atoms with Crippen LogP contribution in [0.25, 0.3) is 6.08 Å². The number of halogens is 2. The normalized spacial score (nSPS) is 16.6. The van der Waals surface area contributed by atoms with E-state index in [1.165, 1.54) is 4.90 Å². The van der Waals surface area contributed by atoms with Crippen molar-refractivity contribution in [1.29, 1.82) is 0 Å². The Kier molecular flexibility index (Phi) is 6.26. The largest absolute Gasteiger partial charge is 0.492 e. The number of ether oxygens (including phenoxy) is 3. The lowest BCUT2D eigenvalue weighted by atomic mass is 10.1. The maximum absolute atomic E-state index is 12.8. The second-order valence-electron chi connectivity index (χ2n) is 6.60. The summed E-state index contributed by atoms with van der Waals surface area (Å²) in [7, 11) is 0. The summed E-state index contributed by atoms with van der Waals surface area (Å²) in [6, 6.07) is 8.87. The first kappa shape index (κ1) is 21.1. The molecule has 4 rings (SSSR count). The van der Waals surface area contributed by atoms with Gasteiger partial charge in [-0.15, -0.1) is 0 Å². The Balaban J connectivity index is 1.52. The Morgan fingerprint density at radius 3 is 2.73 bits per heavy atom. The highest BCUT2D eigenvalue weighted by atomic mass is 79.9. The summed E-state index contributed by atoms with van der Waals surface area (Å²) >= 11 is 10.7. The third-order valence-electron chi connectivity index (χ3n) is 4.46. The molecule has 0 unspecified atom stereocenters. The molecule has 1 fully saturated rings. The monoisotopic (exact) mass is 509 g/mol. The fourth-order valence-corrected chi connectivity index (χ4v) is 4.54. The van der Waals surface area contributed by atoms with Crippen molar-refractivity contribution in [2.75, 3.05) is 13.4 Å². The summed E-state index contributed by atoms with van der Waals surface area (Å²) in [5.74, 6) is 1.47. The zero-order chi connectivity index (χ0) is 21.3. The van der Waals surface area contributed by atoms with Crippen LogP contribution < -0.4 is 14.2 Å². The maximum atomic E-state index is 12.8. The van der Waals surface area contributed by atoms with E-state index in [2.05, 4.69) is 15.9 Å². The minimum atomic E-state index is -0.360. The summed E-state index contributed by atoms with van der Waals surface area (Å²) < 4.78 is 17.1. The molecule has 2 heterocycles. The molecule has 0 radical (unpaired) electrons. The Bertz CT molecular complexity index is 1060. The van der Waals surface area contributed by atoms with E-state index in [0.29, 0.717) is 33.6 Å². The number of thioether (sulfide) groups is 1. The van der Waals surface area contributed by atoms with Crippen LogP contribution in [0.3, 0.4) is 0 Å². The first-order chi connectivity index (χ1) is 14.5. The molecule has 2 aliphatic heterocycles. The van der Waals surface area contributed by atoms with E-state index in [1.54, 1.807) is 18.2 Å². The van der Waals surface area contributed by atoms with Gasteiger partial charge in [-0.05, 0) is 69.5 Å². The van der Waals surface area contributed by atoms with Crippen LogP contribution in [0.2, 0.25) is 5.02 Å². The van der Waals surface area contributed by atoms with Gasteiger partial charge < -0.3 is 14.2 Å². The molecule has 6 nitrogen and oxygen atoms in total. The third kappa shape index (κ3) is 4.31. The summed E-state index contributed by atoms with van der Waals surface area (Å²) in [6.07, 6.45) is 2.61. The fourth-order valence-electron chi connectivity index (χ4n) is 2.97. The van der Waals surface area contributed by atoms with E-state index in [9.17, 15) is 9.59 Å². The van der Waals surface area contributed by atoms with Gasteiger partial charge in [0.25, 0.3) is 11.1 Å². The highest BCUT2D eigenvalue weighted by Gasteiger charge is 2.35. The molecule has 2 aromatic carbocycles. The zero-order valence-corrected chi connectivity index (χ0v) is 19.1. The van der Waals surface area contributed by atoms with Crippen molar-refractivity contribution in [1.82, 2.24) is 4.90 Å². The molecule has 0 N–H and O–H groups in total. The van der Waals surface area contributed by atoms with E-state index in [-0.39, 0.29) is 24.5 Å².